The highest BCUT2D eigenvalue weighted by molar-refractivity contribution is 5.80. The third-order valence-corrected chi connectivity index (χ3v) is 6.51. The number of guanidine groups is 1. The SMILES string of the molecule is CCNC(=NCc1cc(C)ccc1OC(F)F)NC1C2CCOC2C12CCC2. The first-order valence-electron chi connectivity index (χ1n) is 10.2. The van der Waals surface area contributed by atoms with Crippen LogP contribution in [0.5, 0.6) is 5.75 Å². The molecule has 3 unspecified atom stereocenters. The number of nitrogens with one attached hydrogen (secondary N) is 2. The third kappa shape index (κ3) is 3.45. The molecule has 1 aromatic rings. The van der Waals surface area contributed by atoms with Crippen molar-refractivity contribution in [1.82, 2.24) is 10.6 Å². The highest BCUT2D eigenvalue weighted by Gasteiger charge is 2.66. The summed E-state index contributed by atoms with van der Waals surface area (Å²) in [6.07, 6.45) is 5.15. The molecule has 154 valence electrons. The van der Waals surface area contributed by atoms with Gasteiger partial charge in [-0.05, 0) is 39.2 Å². The molecule has 1 spiro atoms. The summed E-state index contributed by atoms with van der Waals surface area (Å²) in [5.74, 6) is 1.46. The lowest BCUT2D eigenvalue weighted by atomic mass is 9.46. The Morgan fingerprint density at radius 3 is 2.89 bits per heavy atom. The molecule has 2 saturated carbocycles. The van der Waals surface area contributed by atoms with Crippen molar-refractivity contribution >= 4 is 5.96 Å². The summed E-state index contributed by atoms with van der Waals surface area (Å²) in [6, 6.07) is 5.58. The Kier molecular flexibility index (Phi) is 5.45. The van der Waals surface area contributed by atoms with E-state index in [9.17, 15) is 8.78 Å². The van der Waals surface area contributed by atoms with Gasteiger partial charge in [-0.15, -0.1) is 0 Å². The topological polar surface area (TPSA) is 54.9 Å². The fourth-order valence-corrected chi connectivity index (χ4v) is 5.13. The van der Waals surface area contributed by atoms with Gasteiger partial charge in [-0.2, -0.15) is 8.78 Å². The van der Waals surface area contributed by atoms with Crippen LogP contribution >= 0.6 is 0 Å². The fourth-order valence-electron chi connectivity index (χ4n) is 5.13. The van der Waals surface area contributed by atoms with E-state index in [-0.39, 0.29) is 17.7 Å². The van der Waals surface area contributed by atoms with E-state index in [2.05, 4.69) is 20.4 Å². The summed E-state index contributed by atoms with van der Waals surface area (Å²) in [4.78, 5) is 4.68. The maximum absolute atomic E-state index is 12.7. The average Bonchev–Trinajstić information content (AvgIpc) is 3.02. The number of hydrogen-bond donors (Lipinski definition) is 2. The Labute approximate surface area is 164 Å². The van der Waals surface area contributed by atoms with Gasteiger partial charge in [-0.1, -0.05) is 24.1 Å². The van der Waals surface area contributed by atoms with Gasteiger partial charge in [0.2, 0.25) is 0 Å². The van der Waals surface area contributed by atoms with Crippen molar-refractivity contribution in [3.63, 3.8) is 0 Å². The largest absolute Gasteiger partial charge is 0.434 e. The molecule has 1 aromatic carbocycles. The molecule has 1 heterocycles. The van der Waals surface area contributed by atoms with E-state index in [1.807, 2.05) is 19.9 Å². The monoisotopic (exact) mass is 393 g/mol. The predicted octanol–water partition coefficient (Wildman–Crippen LogP) is 3.61. The molecule has 0 radical (unpaired) electrons. The van der Waals surface area contributed by atoms with Crippen molar-refractivity contribution in [2.24, 2.45) is 16.3 Å². The summed E-state index contributed by atoms with van der Waals surface area (Å²) in [7, 11) is 0. The molecule has 4 rings (SSSR count). The van der Waals surface area contributed by atoms with Gasteiger partial charge in [0.15, 0.2) is 5.96 Å². The molecule has 0 bridgehead atoms. The van der Waals surface area contributed by atoms with Gasteiger partial charge in [-0.3, -0.25) is 0 Å². The number of alkyl halides is 2. The molecule has 2 N–H and O–H groups in total. The molecule has 7 heteroatoms. The lowest BCUT2D eigenvalue weighted by molar-refractivity contribution is -0.171. The van der Waals surface area contributed by atoms with E-state index in [4.69, 9.17) is 4.74 Å². The van der Waals surface area contributed by atoms with E-state index in [0.717, 1.165) is 31.1 Å². The van der Waals surface area contributed by atoms with Crippen LogP contribution in [0.25, 0.3) is 0 Å². The molecule has 3 atom stereocenters. The second kappa shape index (κ2) is 7.85. The van der Waals surface area contributed by atoms with Crippen LogP contribution < -0.4 is 15.4 Å². The number of rotatable bonds is 6. The van der Waals surface area contributed by atoms with Crippen molar-refractivity contribution in [1.29, 1.82) is 0 Å². The molecule has 3 aliphatic rings. The molecule has 28 heavy (non-hydrogen) atoms. The summed E-state index contributed by atoms with van der Waals surface area (Å²) < 4.78 is 36.1. The summed E-state index contributed by atoms with van der Waals surface area (Å²) in [5, 5.41) is 6.94. The maximum atomic E-state index is 12.7. The van der Waals surface area contributed by atoms with Crippen LogP contribution in [0.1, 0.15) is 43.7 Å². The third-order valence-electron chi connectivity index (χ3n) is 6.51. The number of aryl methyl sites for hydroxylation is 1. The number of benzene rings is 1. The molecule has 0 aromatic heterocycles. The van der Waals surface area contributed by atoms with Crippen LogP contribution in [0.15, 0.2) is 23.2 Å². The number of aliphatic imine (C=N–C) groups is 1. The lowest BCUT2D eigenvalue weighted by Gasteiger charge is -2.63. The van der Waals surface area contributed by atoms with Gasteiger partial charge >= 0.3 is 6.61 Å². The van der Waals surface area contributed by atoms with E-state index in [1.54, 1.807) is 12.1 Å². The number of halogens is 2. The van der Waals surface area contributed by atoms with Gasteiger partial charge in [0, 0.05) is 36.1 Å². The molecule has 0 amide bonds. The Morgan fingerprint density at radius 1 is 1.39 bits per heavy atom. The predicted molar refractivity (Wildman–Crippen MR) is 104 cm³/mol. The Balaban J connectivity index is 1.49. The minimum absolute atomic E-state index is 0.184. The second-order valence-corrected chi connectivity index (χ2v) is 8.14. The van der Waals surface area contributed by atoms with E-state index in [1.165, 1.54) is 19.3 Å². The average molecular weight is 393 g/mol. The zero-order chi connectivity index (χ0) is 19.7. The Morgan fingerprint density at radius 2 is 2.21 bits per heavy atom. The first-order valence-corrected chi connectivity index (χ1v) is 10.2. The van der Waals surface area contributed by atoms with Gasteiger partial charge in [0.25, 0.3) is 0 Å². The van der Waals surface area contributed by atoms with E-state index < -0.39 is 6.61 Å². The Bertz CT molecular complexity index is 736. The minimum atomic E-state index is -2.84. The minimum Gasteiger partial charge on any atom is -0.434 e. The van der Waals surface area contributed by atoms with Crippen molar-refractivity contribution < 1.29 is 18.3 Å². The zero-order valence-corrected chi connectivity index (χ0v) is 16.5. The molecule has 1 saturated heterocycles. The summed E-state index contributed by atoms with van der Waals surface area (Å²) in [6.45, 7) is 2.98. The summed E-state index contributed by atoms with van der Waals surface area (Å²) in [5.41, 5.74) is 1.90. The zero-order valence-electron chi connectivity index (χ0n) is 16.5. The standard InChI is InChI=1S/C21H29F2N3O2/c1-3-24-20(25-12-14-11-13(2)5-6-16(14)28-19(22)23)26-17-15-7-10-27-18(15)21(17)8-4-9-21/h5-6,11,15,17-19H,3-4,7-10,12H2,1-2H3,(H2,24,25,26). The highest BCUT2D eigenvalue weighted by Crippen LogP contribution is 2.62. The van der Waals surface area contributed by atoms with Crippen LogP contribution in [0.4, 0.5) is 8.78 Å². The molecule has 1 aliphatic heterocycles. The van der Waals surface area contributed by atoms with Crippen LogP contribution in [-0.2, 0) is 11.3 Å². The fraction of sp³-hybridized carbons (Fsp3) is 0.667. The molecule has 3 fully saturated rings. The van der Waals surface area contributed by atoms with Gasteiger partial charge < -0.3 is 20.1 Å². The van der Waals surface area contributed by atoms with E-state index in [0.29, 0.717) is 23.6 Å². The van der Waals surface area contributed by atoms with Crippen molar-refractivity contribution in [2.75, 3.05) is 13.2 Å². The maximum Gasteiger partial charge on any atom is 0.387 e. The molecular formula is C21H29F2N3O2. The first-order chi connectivity index (χ1) is 13.5. The van der Waals surface area contributed by atoms with Crippen LogP contribution in [0, 0.1) is 18.3 Å². The number of nitrogens with zero attached hydrogens (tertiary/aromatic N) is 1. The van der Waals surface area contributed by atoms with Gasteiger partial charge in [0.05, 0.1) is 12.6 Å². The van der Waals surface area contributed by atoms with Crippen molar-refractivity contribution in [2.45, 2.75) is 64.8 Å². The quantitative estimate of drug-likeness (QED) is 0.573. The lowest BCUT2D eigenvalue weighted by Crippen LogP contribution is -2.72. The van der Waals surface area contributed by atoms with Crippen LogP contribution in [-0.4, -0.2) is 37.9 Å². The first kappa shape index (κ1) is 19.4. The van der Waals surface area contributed by atoms with Gasteiger partial charge in [0.1, 0.15) is 5.75 Å². The number of fused-ring (bicyclic) bond motifs is 2. The Hall–Kier alpha value is -1.89. The highest BCUT2D eigenvalue weighted by atomic mass is 19.3. The smallest absolute Gasteiger partial charge is 0.387 e. The van der Waals surface area contributed by atoms with Crippen LogP contribution in [0.3, 0.4) is 0 Å². The van der Waals surface area contributed by atoms with Crippen molar-refractivity contribution in [3.8, 4) is 5.75 Å². The molecular weight excluding hydrogens is 364 g/mol. The number of ether oxygens (including phenoxy) is 2. The molecule has 2 aliphatic carbocycles. The van der Waals surface area contributed by atoms with Crippen molar-refractivity contribution in [3.05, 3.63) is 29.3 Å². The number of hydrogen-bond acceptors (Lipinski definition) is 3. The molecule has 5 nitrogen and oxygen atoms in total. The normalized spacial score (nSPS) is 27.9. The van der Waals surface area contributed by atoms with E-state index >= 15 is 0 Å². The summed E-state index contributed by atoms with van der Waals surface area (Å²) >= 11 is 0. The van der Waals surface area contributed by atoms with Crippen LogP contribution in [0.2, 0.25) is 0 Å². The second-order valence-electron chi connectivity index (χ2n) is 8.14. The van der Waals surface area contributed by atoms with Gasteiger partial charge in [-0.25, -0.2) is 4.99 Å².